The topological polar surface area (TPSA) is 17.1 Å². The summed E-state index contributed by atoms with van der Waals surface area (Å²) in [4.78, 5) is 9.33. The van der Waals surface area contributed by atoms with Crippen LogP contribution in [0.4, 0.5) is 0 Å². The van der Waals surface area contributed by atoms with Crippen molar-refractivity contribution in [3.63, 3.8) is 0 Å². The average Bonchev–Trinajstić information content (AvgIpc) is 0.811. The minimum Gasteiger partial charge on any atom is -0.340 e. The molecular formula is C3H5OPd-. The van der Waals surface area contributed by atoms with Crippen LogP contribution in [0, 0.1) is 6.92 Å². The van der Waals surface area contributed by atoms with Crippen molar-refractivity contribution in [1.29, 1.82) is 0 Å². The molecule has 0 N–H and O–H groups in total. The summed E-state index contributed by atoms with van der Waals surface area (Å²) in [6.45, 7) is 4.42. The fourth-order valence-corrected chi connectivity index (χ4v) is 0. The van der Waals surface area contributed by atoms with Crippen LogP contribution >= 0.6 is 0 Å². The summed E-state index contributed by atoms with van der Waals surface area (Å²) >= 11 is 0. The van der Waals surface area contributed by atoms with E-state index in [4.69, 9.17) is 0 Å². The van der Waals surface area contributed by atoms with Gasteiger partial charge in [0.15, 0.2) is 0 Å². The molecule has 0 aromatic rings. The van der Waals surface area contributed by atoms with Gasteiger partial charge in [-0.15, -0.1) is 0 Å². The molecule has 0 spiro atoms. The van der Waals surface area contributed by atoms with E-state index < -0.39 is 0 Å². The van der Waals surface area contributed by atoms with Gasteiger partial charge in [-0.3, -0.25) is 0 Å². The Morgan fingerprint density at radius 1 is 1.80 bits per heavy atom. The van der Waals surface area contributed by atoms with E-state index in [1.807, 2.05) is 0 Å². The number of hydrogen-bond acceptors (Lipinski definition) is 1. The van der Waals surface area contributed by atoms with Crippen LogP contribution in [0.5, 0.6) is 0 Å². The van der Waals surface area contributed by atoms with Crippen LogP contribution in [0.15, 0.2) is 0 Å². The molecule has 34 valence electrons. The van der Waals surface area contributed by atoms with Crippen LogP contribution in [0.1, 0.15) is 6.92 Å². The van der Waals surface area contributed by atoms with Crippen LogP contribution in [0.25, 0.3) is 0 Å². The van der Waals surface area contributed by atoms with E-state index in [9.17, 15) is 4.79 Å². The second-order valence-electron chi connectivity index (χ2n) is 0.702. The van der Waals surface area contributed by atoms with Gasteiger partial charge in [0.25, 0.3) is 0 Å². The largest absolute Gasteiger partial charge is 0.340 e. The first-order chi connectivity index (χ1) is 1.73. The molecule has 0 heterocycles. The number of hydrogen-bond donors (Lipinski definition) is 0. The molecule has 1 nitrogen and oxygen atoms in total. The Balaban J connectivity index is 0. The van der Waals surface area contributed by atoms with Gasteiger partial charge in [-0.2, -0.15) is 0 Å². The fourth-order valence-electron chi connectivity index (χ4n) is 0. The zero-order valence-electron chi connectivity index (χ0n) is 2.93. The van der Waals surface area contributed by atoms with E-state index in [1.165, 1.54) is 6.92 Å². The van der Waals surface area contributed by atoms with E-state index in [0.29, 0.717) is 0 Å². The second-order valence-corrected chi connectivity index (χ2v) is 0.702. The molecule has 0 rings (SSSR count). The van der Waals surface area contributed by atoms with Crippen LogP contribution in [-0.4, -0.2) is 5.78 Å². The SMILES string of the molecule is [CH2-]C(C)=O.[Pd]. The number of Topliss-reactive ketones (excluding diaryl/α,β-unsaturated/α-hetero) is 1. The molecule has 0 atom stereocenters. The Morgan fingerprint density at radius 2 is 1.80 bits per heavy atom. The maximum absolute atomic E-state index is 9.33. The number of rotatable bonds is 0. The maximum atomic E-state index is 9.33. The zero-order chi connectivity index (χ0) is 3.58. The summed E-state index contributed by atoms with van der Waals surface area (Å²) in [6.07, 6.45) is 0. The molecule has 0 aliphatic carbocycles. The summed E-state index contributed by atoms with van der Waals surface area (Å²) in [5.41, 5.74) is 0. The van der Waals surface area contributed by atoms with Crippen LogP contribution in [0.3, 0.4) is 0 Å². The van der Waals surface area contributed by atoms with Gasteiger partial charge in [0.05, 0.1) is 0 Å². The Kier molecular flexibility index (Phi) is 7.53. The minimum absolute atomic E-state index is 0. The molecule has 0 aliphatic rings. The van der Waals surface area contributed by atoms with Gasteiger partial charge in [0.2, 0.25) is 0 Å². The summed E-state index contributed by atoms with van der Waals surface area (Å²) < 4.78 is 0. The summed E-state index contributed by atoms with van der Waals surface area (Å²) in [5, 5.41) is 0. The summed E-state index contributed by atoms with van der Waals surface area (Å²) in [5.74, 6) is -0.0833. The maximum Gasteiger partial charge on any atom is 0 e. The molecule has 0 fully saturated rings. The molecule has 5 heavy (non-hydrogen) atoms. The van der Waals surface area contributed by atoms with Crippen molar-refractivity contribution in [2.45, 2.75) is 6.92 Å². The van der Waals surface area contributed by atoms with Crippen LogP contribution in [0.2, 0.25) is 0 Å². The van der Waals surface area contributed by atoms with Crippen molar-refractivity contribution in [2.75, 3.05) is 0 Å². The summed E-state index contributed by atoms with van der Waals surface area (Å²) in [6, 6.07) is 0. The van der Waals surface area contributed by atoms with Gasteiger partial charge in [0.1, 0.15) is 0 Å². The molecule has 0 aliphatic heterocycles. The third-order valence-electron chi connectivity index (χ3n) is 0. The van der Waals surface area contributed by atoms with Gasteiger partial charge in [-0.1, -0.05) is 0 Å². The van der Waals surface area contributed by atoms with Crippen LogP contribution < -0.4 is 0 Å². The smallest absolute Gasteiger partial charge is 0 e. The molecule has 0 aromatic heterocycles. The van der Waals surface area contributed by atoms with Gasteiger partial charge >= 0.3 is 0 Å². The number of carbonyl (C=O) groups excluding carboxylic acids is 1. The van der Waals surface area contributed by atoms with Crippen molar-refractivity contribution in [3.8, 4) is 0 Å². The van der Waals surface area contributed by atoms with E-state index in [-0.39, 0.29) is 26.2 Å². The van der Waals surface area contributed by atoms with Gasteiger partial charge in [-0.05, 0) is 12.7 Å². The molecule has 0 bridgehead atoms. The van der Waals surface area contributed by atoms with Crippen molar-refractivity contribution >= 4 is 5.78 Å². The normalized spacial score (nSPS) is 5.00. The van der Waals surface area contributed by atoms with Gasteiger partial charge in [-0.25, -0.2) is 0 Å². The molecule has 0 unspecified atom stereocenters. The van der Waals surface area contributed by atoms with Crippen LogP contribution in [-0.2, 0) is 25.2 Å². The molecule has 0 saturated carbocycles. The predicted molar refractivity (Wildman–Crippen MR) is 16.0 cm³/mol. The molecule has 0 radical (unpaired) electrons. The first-order valence-corrected chi connectivity index (χ1v) is 1.06. The van der Waals surface area contributed by atoms with Crippen molar-refractivity contribution < 1.29 is 25.2 Å². The first kappa shape index (κ1) is 8.96. The van der Waals surface area contributed by atoms with E-state index in [2.05, 4.69) is 6.92 Å². The first-order valence-electron chi connectivity index (χ1n) is 1.06. The number of carbonyl (C=O) groups is 1. The van der Waals surface area contributed by atoms with Crippen molar-refractivity contribution in [3.05, 3.63) is 6.92 Å². The average molecular weight is 163 g/mol. The Labute approximate surface area is 45.4 Å². The second kappa shape index (κ2) is 4.20. The standard InChI is InChI=1S/C3H5O.Pd/c1-3(2)4;/h1H2,2H3;/q-1;. The Morgan fingerprint density at radius 3 is 1.80 bits per heavy atom. The third kappa shape index (κ3) is 498. The number of ketones is 1. The Hall–Kier alpha value is 0.202. The van der Waals surface area contributed by atoms with Gasteiger partial charge in [0, 0.05) is 20.4 Å². The Bertz CT molecular complexity index is 29.9. The molecule has 0 saturated heterocycles. The third-order valence-corrected chi connectivity index (χ3v) is 0. The van der Waals surface area contributed by atoms with Gasteiger partial charge < -0.3 is 11.7 Å². The van der Waals surface area contributed by atoms with E-state index in [0.717, 1.165) is 0 Å². The molecule has 0 amide bonds. The minimum atomic E-state index is -0.0833. The molecule has 0 aromatic carbocycles. The zero-order valence-corrected chi connectivity index (χ0v) is 4.49. The summed E-state index contributed by atoms with van der Waals surface area (Å²) in [7, 11) is 0. The van der Waals surface area contributed by atoms with E-state index in [1.54, 1.807) is 0 Å². The quantitative estimate of drug-likeness (QED) is 0.373. The van der Waals surface area contributed by atoms with Crippen molar-refractivity contribution in [2.24, 2.45) is 0 Å². The molecular weight excluding hydrogens is 158 g/mol. The fraction of sp³-hybridized carbons (Fsp3) is 0.333. The van der Waals surface area contributed by atoms with Crippen molar-refractivity contribution in [1.82, 2.24) is 0 Å². The molecule has 2 heteroatoms. The van der Waals surface area contributed by atoms with E-state index >= 15 is 0 Å². The monoisotopic (exact) mass is 163 g/mol. The predicted octanol–water partition coefficient (Wildman–Crippen LogP) is 0.407.